The van der Waals surface area contributed by atoms with Crippen LogP contribution in [0.1, 0.15) is 63.2 Å². The lowest BCUT2D eigenvalue weighted by Crippen LogP contribution is -2.18. The van der Waals surface area contributed by atoms with Crippen LogP contribution in [0.3, 0.4) is 0 Å². The van der Waals surface area contributed by atoms with E-state index in [9.17, 15) is 4.57 Å². The molecule has 4 aromatic rings. The molecule has 0 spiro atoms. The van der Waals surface area contributed by atoms with Gasteiger partial charge in [0, 0.05) is 5.69 Å². The van der Waals surface area contributed by atoms with E-state index in [0.717, 1.165) is 29.8 Å². The third-order valence-electron chi connectivity index (χ3n) is 6.54. The Kier molecular flexibility index (Phi) is 11.6. The molecule has 0 radical (unpaired) electrons. The van der Waals surface area contributed by atoms with Crippen LogP contribution in [0.25, 0.3) is 0 Å². The lowest BCUT2D eigenvalue weighted by molar-refractivity contribution is 0.304. The Morgan fingerprint density at radius 3 is 1.75 bits per heavy atom. The van der Waals surface area contributed by atoms with E-state index in [1.807, 2.05) is 91.0 Å². The molecule has 0 saturated carbocycles. The number of benzene rings is 4. The zero-order valence-electron chi connectivity index (χ0n) is 23.3. The third-order valence-corrected chi connectivity index (χ3v) is 8.53. The maximum atomic E-state index is 14.8. The van der Waals surface area contributed by atoms with Crippen LogP contribution in [0, 0.1) is 0 Å². The summed E-state index contributed by atoms with van der Waals surface area (Å²) in [5.74, 6) is 0.854. The Hall–Kier alpha value is -3.69. The van der Waals surface area contributed by atoms with Gasteiger partial charge in [-0.15, -0.1) is 0 Å². The van der Waals surface area contributed by atoms with E-state index in [2.05, 4.69) is 12.2 Å². The van der Waals surface area contributed by atoms with Crippen molar-refractivity contribution < 1.29 is 18.3 Å². The molecule has 40 heavy (non-hydrogen) atoms. The summed E-state index contributed by atoms with van der Waals surface area (Å²) in [4.78, 5) is 0. The third kappa shape index (κ3) is 9.20. The minimum Gasteiger partial charge on any atom is -0.494 e. The highest BCUT2D eigenvalue weighted by molar-refractivity contribution is 7.55. The highest BCUT2D eigenvalue weighted by atomic mass is 31.2. The molecule has 0 saturated heterocycles. The van der Waals surface area contributed by atoms with Crippen molar-refractivity contribution in [3.05, 3.63) is 121 Å². The summed E-state index contributed by atoms with van der Waals surface area (Å²) in [6.07, 6.45) is 8.58. The van der Waals surface area contributed by atoms with Crippen molar-refractivity contribution in [3.63, 3.8) is 0 Å². The molecule has 0 bridgehead atoms. The summed E-state index contributed by atoms with van der Waals surface area (Å²) < 4.78 is 33.4. The van der Waals surface area contributed by atoms with E-state index >= 15 is 0 Å². The Morgan fingerprint density at radius 2 is 1.15 bits per heavy atom. The number of nitrogens with one attached hydrogen (secondary N) is 1. The molecule has 1 N–H and O–H groups in total. The summed E-state index contributed by atoms with van der Waals surface area (Å²) in [5, 5.41) is 3.44. The molecule has 0 amide bonds. The van der Waals surface area contributed by atoms with E-state index in [1.165, 1.54) is 32.1 Å². The summed E-state index contributed by atoms with van der Waals surface area (Å²) in [6.45, 7) is 2.88. The van der Waals surface area contributed by atoms with Gasteiger partial charge in [-0.1, -0.05) is 112 Å². The number of ether oxygens (including phenoxy) is 1. The van der Waals surface area contributed by atoms with Crippen LogP contribution in [-0.2, 0) is 4.57 Å². The van der Waals surface area contributed by atoms with Crippen molar-refractivity contribution in [2.45, 2.75) is 57.7 Å². The van der Waals surface area contributed by atoms with Crippen molar-refractivity contribution in [1.29, 1.82) is 0 Å². The molecule has 0 unspecified atom stereocenters. The van der Waals surface area contributed by atoms with Crippen LogP contribution in [0.2, 0.25) is 0 Å². The van der Waals surface area contributed by atoms with Gasteiger partial charge in [0.1, 0.15) is 17.2 Å². The maximum absolute atomic E-state index is 14.8. The second-order valence-corrected chi connectivity index (χ2v) is 11.8. The van der Waals surface area contributed by atoms with Crippen LogP contribution >= 0.6 is 7.60 Å². The predicted octanol–water partition coefficient (Wildman–Crippen LogP) is 10.3. The molecule has 0 fully saturated rings. The molecule has 0 aliphatic heterocycles. The average molecular weight is 558 g/mol. The molecule has 6 heteroatoms. The average Bonchev–Trinajstić information content (AvgIpc) is 2.99. The van der Waals surface area contributed by atoms with Crippen molar-refractivity contribution in [2.24, 2.45) is 0 Å². The van der Waals surface area contributed by atoms with Crippen molar-refractivity contribution in [2.75, 3.05) is 11.9 Å². The lowest BCUT2D eigenvalue weighted by Gasteiger charge is -2.29. The fraction of sp³-hybridized carbons (Fsp3) is 0.294. The first-order valence-electron chi connectivity index (χ1n) is 14.3. The highest BCUT2D eigenvalue weighted by Crippen LogP contribution is 2.60. The smallest absolute Gasteiger partial charge is 0.457 e. The number of unbranched alkanes of at least 4 members (excludes halogenated alkanes) is 6. The summed E-state index contributed by atoms with van der Waals surface area (Å²) >= 11 is 0. The van der Waals surface area contributed by atoms with E-state index in [4.69, 9.17) is 13.8 Å². The van der Waals surface area contributed by atoms with E-state index in [-0.39, 0.29) is 0 Å². The van der Waals surface area contributed by atoms with Crippen molar-refractivity contribution >= 4 is 13.3 Å². The maximum Gasteiger partial charge on any atom is 0.457 e. The van der Waals surface area contributed by atoms with Gasteiger partial charge >= 0.3 is 7.60 Å². The Labute approximate surface area is 239 Å². The van der Waals surface area contributed by atoms with Crippen LogP contribution in [0.15, 0.2) is 115 Å². The van der Waals surface area contributed by atoms with E-state index < -0.39 is 13.4 Å². The van der Waals surface area contributed by atoms with Crippen LogP contribution in [0.5, 0.6) is 17.2 Å². The number of para-hydroxylation sites is 3. The number of anilines is 1. The van der Waals surface area contributed by atoms with Gasteiger partial charge < -0.3 is 19.1 Å². The molecular weight excluding hydrogens is 517 g/mol. The minimum absolute atomic E-state index is 0.466. The van der Waals surface area contributed by atoms with Gasteiger partial charge in [0.2, 0.25) is 0 Å². The molecular formula is C34H40NO4P. The number of rotatable bonds is 17. The SMILES string of the molecule is CCCCCCCCCOc1cccc([C@H](Nc2ccccc2)P(=O)(Oc2ccccc2)Oc2ccccc2)c1. The number of hydrogen-bond acceptors (Lipinski definition) is 5. The molecule has 4 aromatic carbocycles. The first kappa shape index (κ1) is 29.3. The van der Waals surface area contributed by atoms with E-state index in [1.54, 1.807) is 24.3 Å². The Balaban J connectivity index is 1.58. The molecule has 0 aliphatic carbocycles. The van der Waals surface area contributed by atoms with Gasteiger partial charge in [0.15, 0.2) is 5.78 Å². The number of hydrogen-bond donors (Lipinski definition) is 1. The quantitative estimate of drug-likeness (QED) is 0.103. The Bertz CT molecular complexity index is 1260. The van der Waals surface area contributed by atoms with Crippen molar-refractivity contribution in [3.8, 4) is 17.2 Å². The van der Waals surface area contributed by atoms with Crippen LogP contribution in [0.4, 0.5) is 5.69 Å². The fourth-order valence-corrected chi connectivity index (χ4v) is 6.35. The normalized spacial score (nSPS) is 11.9. The first-order valence-corrected chi connectivity index (χ1v) is 15.9. The molecule has 4 rings (SSSR count). The zero-order chi connectivity index (χ0) is 27.9. The standard InChI is InChI=1S/C34H40NO4P/c1-2-3-4-5-6-7-17-27-37-33-26-18-19-29(28-33)34(35-30-20-11-8-12-21-30)40(36,38-31-22-13-9-14-23-31)39-32-24-15-10-16-25-32/h8-16,18-26,28,34-35H,2-7,17,27H2,1H3/t34-/m1/s1. The summed E-state index contributed by atoms with van der Waals surface area (Å²) in [6, 6.07) is 35.7. The van der Waals surface area contributed by atoms with Gasteiger partial charge in [0.05, 0.1) is 6.61 Å². The minimum atomic E-state index is -3.90. The largest absolute Gasteiger partial charge is 0.494 e. The topological polar surface area (TPSA) is 56.8 Å². The van der Waals surface area contributed by atoms with Crippen LogP contribution < -0.4 is 19.1 Å². The molecule has 0 aromatic heterocycles. The first-order chi connectivity index (χ1) is 19.7. The predicted molar refractivity (Wildman–Crippen MR) is 164 cm³/mol. The van der Waals surface area contributed by atoms with E-state index in [0.29, 0.717) is 18.1 Å². The lowest BCUT2D eigenvalue weighted by atomic mass is 10.1. The zero-order valence-corrected chi connectivity index (χ0v) is 24.2. The van der Waals surface area contributed by atoms with Gasteiger partial charge in [-0.2, -0.15) is 0 Å². The highest BCUT2D eigenvalue weighted by Gasteiger charge is 2.41. The van der Waals surface area contributed by atoms with Gasteiger partial charge in [-0.3, -0.25) is 0 Å². The molecule has 5 nitrogen and oxygen atoms in total. The van der Waals surface area contributed by atoms with Gasteiger partial charge in [-0.25, -0.2) is 4.57 Å². The summed E-state index contributed by atoms with van der Waals surface area (Å²) in [7, 11) is -3.90. The second kappa shape index (κ2) is 15.8. The molecule has 0 heterocycles. The van der Waals surface area contributed by atoms with Crippen molar-refractivity contribution in [1.82, 2.24) is 0 Å². The Morgan fingerprint density at radius 1 is 0.625 bits per heavy atom. The fourth-order valence-electron chi connectivity index (χ4n) is 4.44. The van der Waals surface area contributed by atoms with Crippen LogP contribution in [-0.4, -0.2) is 6.61 Å². The molecule has 1 atom stereocenters. The second-order valence-electron chi connectivity index (χ2n) is 9.80. The monoisotopic (exact) mass is 557 g/mol. The molecule has 0 aliphatic rings. The molecule has 210 valence electrons. The van der Waals surface area contributed by atoms with Gasteiger partial charge in [0.25, 0.3) is 0 Å². The van der Waals surface area contributed by atoms with Gasteiger partial charge in [-0.05, 0) is 60.5 Å². The summed E-state index contributed by atoms with van der Waals surface area (Å²) in [5.41, 5.74) is 1.55.